The lowest BCUT2D eigenvalue weighted by Crippen LogP contribution is -2.45. The monoisotopic (exact) mass is 280 g/mol. The summed E-state index contributed by atoms with van der Waals surface area (Å²) in [7, 11) is 1.88. The number of nitrogens with zero attached hydrogens (tertiary/aromatic N) is 1. The first kappa shape index (κ1) is 14.5. The Hall–Kier alpha value is -1.89. The number of aromatic nitrogens is 2. The van der Waals surface area contributed by atoms with Crippen molar-refractivity contribution in [3.8, 4) is 0 Å². The number of nitrogens with one attached hydrogen (secondary N) is 3. The second-order valence-corrected chi connectivity index (χ2v) is 5.04. The SMILES string of the molecule is CNCCC1CCCCN1C(=O)c1cc(=O)[nH]c(=O)[nH]1. The zero-order chi connectivity index (χ0) is 14.5. The normalized spacial score (nSPS) is 19.1. The third kappa shape index (κ3) is 3.36. The first-order valence-corrected chi connectivity index (χ1v) is 6.91. The third-order valence-electron chi connectivity index (χ3n) is 3.61. The van der Waals surface area contributed by atoms with Crippen molar-refractivity contribution in [2.75, 3.05) is 20.1 Å². The number of aromatic amines is 2. The van der Waals surface area contributed by atoms with E-state index in [0.29, 0.717) is 6.54 Å². The van der Waals surface area contributed by atoms with E-state index in [9.17, 15) is 14.4 Å². The Bertz CT molecular complexity index is 549. The predicted molar refractivity (Wildman–Crippen MR) is 74.9 cm³/mol. The van der Waals surface area contributed by atoms with Crippen LogP contribution in [0.25, 0.3) is 0 Å². The highest BCUT2D eigenvalue weighted by molar-refractivity contribution is 5.92. The molecule has 7 heteroatoms. The van der Waals surface area contributed by atoms with E-state index in [2.05, 4.69) is 15.3 Å². The van der Waals surface area contributed by atoms with Gasteiger partial charge < -0.3 is 15.2 Å². The van der Waals surface area contributed by atoms with Gasteiger partial charge in [-0.25, -0.2) is 4.79 Å². The Morgan fingerprint density at radius 1 is 1.40 bits per heavy atom. The summed E-state index contributed by atoms with van der Waals surface area (Å²) in [5.41, 5.74) is -1.14. The maximum absolute atomic E-state index is 12.5. The maximum atomic E-state index is 12.5. The Morgan fingerprint density at radius 2 is 2.20 bits per heavy atom. The molecule has 2 heterocycles. The Morgan fingerprint density at radius 3 is 2.90 bits per heavy atom. The van der Waals surface area contributed by atoms with Gasteiger partial charge in [-0.15, -0.1) is 0 Å². The number of H-pyrrole nitrogens is 2. The van der Waals surface area contributed by atoms with Gasteiger partial charge in [-0.2, -0.15) is 0 Å². The van der Waals surface area contributed by atoms with Gasteiger partial charge in [0.25, 0.3) is 11.5 Å². The van der Waals surface area contributed by atoms with E-state index in [-0.39, 0.29) is 17.6 Å². The summed E-state index contributed by atoms with van der Waals surface area (Å²) in [6.45, 7) is 1.50. The van der Waals surface area contributed by atoms with E-state index >= 15 is 0 Å². The van der Waals surface area contributed by atoms with Crippen LogP contribution in [-0.2, 0) is 0 Å². The fourth-order valence-corrected chi connectivity index (χ4v) is 2.62. The summed E-state index contributed by atoms with van der Waals surface area (Å²) in [5.74, 6) is -0.269. The molecule has 7 nitrogen and oxygen atoms in total. The molecule has 1 saturated heterocycles. The largest absolute Gasteiger partial charge is 0.334 e. The molecule has 0 spiro atoms. The average molecular weight is 280 g/mol. The fourth-order valence-electron chi connectivity index (χ4n) is 2.62. The van der Waals surface area contributed by atoms with Crippen LogP contribution in [0.5, 0.6) is 0 Å². The maximum Gasteiger partial charge on any atom is 0.326 e. The molecular formula is C13H20N4O3. The molecule has 0 radical (unpaired) electrons. The van der Waals surface area contributed by atoms with Gasteiger partial charge in [0.1, 0.15) is 5.69 Å². The lowest BCUT2D eigenvalue weighted by atomic mass is 9.99. The Balaban J connectivity index is 2.20. The number of hydrogen-bond donors (Lipinski definition) is 3. The van der Waals surface area contributed by atoms with Gasteiger partial charge in [0.15, 0.2) is 0 Å². The molecule has 0 aliphatic carbocycles. The molecule has 110 valence electrons. The molecule has 2 rings (SSSR count). The molecule has 1 unspecified atom stereocenters. The summed E-state index contributed by atoms with van der Waals surface area (Å²) in [6, 6.07) is 1.31. The third-order valence-corrected chi connectivity index (χ3v) is 3.61. The van der Waals surface area contributed by atoms with Gasteiger partial charge in [0.05, 0.1) is 0 Å². The van der Waals surface area contributed by atoms with Gasteiger partial charge in [0.2, 0.25) is 0 Å². The van der Waals surface area contributed by atoms with Crippen LogP contribution in [0.4, 0.5) is 0 Å². The van der Waals surface area contributed by atoms with Crippen LogP contribution in [0.1, 0.15) is 36.2 Å². The lowest BCUT2D eigenvalue weighted by Gasteiger charge is -2.35. The standard InChI is InChI=1S/C13H20N4O3/c1-14-6-5-9-4-2-3-7-17(9)12(19)10-8-11(18)16-13(20)15-10/h8-9,14H,2-7H2,1H3,(H2,15,16,18,20). The van der Waals surface area contributed by atoms with Crippen LogP contribution in [0.2, 0.25) is 0 Å². The minimum Gasteiger partial charge on any atom is -0.334 e. The van der Waals surface area contributed by atoms with Crippen molar-refractivity contribution < 1.29 is 4.79 Å². The van der Waals surface area contributed by atoms with Crippen LogP contribution < -0.4 is 16.6 Å². The van der Waals surface area contributed by atoms with Gasteiger partial charge >= 0.3 is 5.69 Å². The van der Waals surface area contributed by atoms with Crippen molar-refractivity contribution in [1.29, 1.82) is 0 Å². The van der Waals surface area contributed by atoms with Crippen LogP contribution in [0.3, 0.4) is 0 Å². The molecule has 0 saturated carbocycles. The number of hydrogen-bond acceptors (Lipinski definition) is 4. The van der Waals surface area contributed by atoms with Gasteiger partial charge in [-0.05, 0) is 39.3 Å². The molecule has 1 aromatic rings. The first-order chi connectivity index (χ1) is 9.61. The molecule has 1 amide bonds. The van der Waals surface area contributed by atoms with Crippen LogP contribution in [-0.4, -0.2) is 47.0 Å². The summed E-state index contributed by atoms with van der Waals surface area (Å²) in [5, 5.41) is 3.08. The van der Waals surface area contributed by atoms with Crippen molar-refractivity contribution in [2.45, 2.75) is 31.7 Å². The van der Waals surface area contributed by atoms with E-state index < -0.39 is 11.2 Å². The summed E-state index contributed by atoms with van der Waals surface area (Å²) >= 11 is 0. The van der Waals surface area contributed by atoms with Crippen LogP contribution >= 0.6 is 0 Å². The summed E-state index contributed by atoms with van der Waals surface area (Å²) in [6.07, 6.45) is 3.88. The minimum atomic E-state index is -0.648. The lowest BCUT2D eigenvalue weighted by molar-refractivity contribution is 0.0595. The second kappa shape index (κ2) is 6.51. The zero-order valence-electron chi connectivity index (χ0n) is 11.6. The van der Waals surface area contributed by atoms with Crippen molar-refractivity contribution in [3.05, 3.63) is 32.6 Å². The summed E-state index contributed by atoms with van der Waals surface area (Å²) in [4.78, 5) is 41.3. The first-order valence-electron chi connectivity index (χ1n) is 6.91. The number of carbonyl (C=O) groups excluding carboxylic acids is 1. The number of rotatable bonds is 4. The molecule has 1 atom stereocenters. The number of amides is 1. The summed E-state index contributed by atoms with van der Waals surface area (Å²) < 4.78 is 0. The van der Waals surface area contributed by atoms with E-state index in [4.69, 9.17) is 0 Å². The van der Waals surface area contributed by atoms with Gasteiger partial charge in [-0.3, -0.25) is 14.6 Å². The van der Waals surface area contributed by atoms with Crippen molar-refractivity contribution >= 4 is 5.91 Å². The fraction of sp³-hybridized carbons (Fsp3) is 0.615. The molecule has 1 aliphatic heterocycles. The number of piperidine rings is 1. The van der Waals surface area contributed by atoms with Crippen LogP contribution in [0.15, 0.2) is 15.7 Å². The smallest absolute Gasteiger partial charge is 0.326 e. The van der Waals surface area contributed by atoms with E-state index in [1.54, 1.807) is 4.90 Å². The van der Waals surface area contributed by atoms with Crippen molar-refractivity contribution in [2.24, 2.45) is 0 Å². The van der Waals surface area contributed by atoms with Gasteiger partial charge in [0, 0.05) is 18.7 Å². The molecule has 0 aromatic carbocycles. The number of likely N-dealkylation sites (tertiary alicyclic amines) is 1. The highest BCUT2D eigenvalue weighted by Gasteiger charge is 2.27. The number of carbonyl (C=O) groups is 1. The molecule has 3 N–H and O–H groups in total. The van der Waals surface area contributed by atoms with Gasteiger partial charge in [-0.1, -0.05) is 0 Å². The van der Waals surface area contributed by atoms with Crippen LogP contribution in [0, 0.1) is 0 Å². The van der Waals surface area contributed by atoms with E-state index in [0.717, 1.165) is 38.3 Å². The Kier molecular flexibility index (Phi) is 4.73. The quantitative estimate of drug-likeness (QED) is 0.703. The van der Waals surface area contributed by atoms with Crippen molar-refractivity contribution in [3.63, 3.8) is 0 Å². The van der Waals surface area contributed by atoms with E-state index in [1.165, 1.54) is 0 Å². The average Bonchev–Trinajstić information content (AvgIpc) is 2.43. The highest BCUT2D eigenvalue weighted by Crippen LogP contribution is 2.20. The molecule has 1 fully saturated rings. The molecule has 1 aliphatic rings. The van der Waals surface area contributed by atoms with E-state index in [1.807, 2.05) is 7.05 Å². The Labute approximate surface area is 116 Å². The second-order valence-electron chi connectivity index (χ2n) is 5.04. The molecule has 20 heavy (non-hydrogen) atoms. The highest BCUT2D eigenvalue weighted by atomic mass is 16.2. The molecule has 1 aromatic heterocycles. The minimum absolute atomic E-state index is 0.0649. The topological polar surface area (TPSA) is 98.1 Å². The molecular weight excluding hydrogens is 260 g/mol. The predicted octanol–water partition coefficient (Wildman–Crippen LogP) is -0.333. The molecule has 0 bridgehead atoms. The van der Waals surface area contributed by atoms with Crippen molar-refractivity contribution in [1.82, 2.24) is 20.2 Å². The zero-order valence-corrected chi connectivity index (χ0v) is 11.6.